The van der Waals surface area contributed by atoms with Crippen LogP contribution in [0.2, 0.25) is 0 Å². The fourth-order valence-corrected chi connectivity index (χ4v) is 2.56. The van der Waals surface area contributed by atoms with E-state index in [-0.39, 0.29) is 0 Å². The van der Waals surface area contributed by atoms with Gasteiger partial charge in [-0.3, -0.25) is 0 Å². The molecule has 0 amide bonds. The minimum absolute atomic E-state index is 0.653. The van der Waals surface area contributed by atoms with Crippen LogP contribution in [-0.4, -0.2) is 18.1 Å². The van der Waals surface area contributed by atoms with Gasteiger partial charge in [0.25, 0.3) is 0 Å². The van der Waals surface area contributed by atoms with Crippen LogP contribution >= 0.6 is 11.3 Å². The highest BCUT2D eigenvalue weighted by molar-refractivity contribution is 7.09. The SMILES string of the molecule is CNC(Cc1nccs1)C1CCC1. The molecule has 0 aliphatic heterocycles. The summed E-state index contributed by atoms with van der Waals surface area (Å²) >= 11 is 1.77. The van der Waals surface area contributed by atoms with E-state index in [1.165, 1.54) is 24.3 Å². The van der Waals surface area contributed by atoms with Crippen LogP contribution in [0.15, 0.2) is 11.6 Å². The molecule has 13 heavy (non-hydrogen) atoms. The highest BCUT2D eigenvalue weighted by Gasteiger charge is 2.26. The first kappa shape index (κ1) is 9.16. The third-order valence-electron chi connectivity index (χ3n) is 2.97. The van der Waals surface area contributed by atoms with E-state index in [0.29, 0.717) is 6.04 Å². The first-order valence-corrected chi connectivity index (χ1v) is 5.83. The van der Waals surface area contributed by atoms with E-state index in [1.807, 2.05) is 6.20 Å². The summed E-state index contributed by atoms with van der Waals surface area (Å²) in [6.45, 7) is 0. The fraction of sp³-hybridized carbons (Fsp3) is 0.700. The van der Waals surface area contributed by atoms with E-state index in [4.69, 9.17) is 0 Å². The molecule has 1 atom stereocenters. The summed E-state index contributed by atoms with van der Waals surface area (Å²) in [5.41, 5.74) is 0. The van der Waals surface area contributed by atoms with Gasteiger partial charge in [0.2, 0.25) is 0 Å². The van der Waals surface area contributed by atoms with E-state index in [1.54, 1.807) is 11.3 Å². The van der Waals surface area contributed by atoms with Crippen LogP contribution < -0.4 is 5.32 Å². The zero-order chi connectivity index (χ0) is 9.10. The maximum absolute atomic E-state index is 4.32. The molecule has 1 aliphatic rings. The summed E-state index contributed by atoms with van der Waals surface area (Å²) in [4.78, 5) is 4.32. The second kappa shape index (κ2) is 4.20. The van der Waals surface area contributed by atoms with Crippen molar-refractivity contribution in [2.24, 2.45) is 5.92 Å². The summed E-state index contributed by atoms with van der Waals surface area (Å²) in [7, 11) is 2.07. The molecule has 0 spiro atoms. The minimum Gasteiger partial charge on any atom is -0.316 e. The van der Waals surface area contributed by atoms with Crippen molar-refractivity contribution in [1.29, 1.82) is 0 Å². The molecule has 1 aromatic rings. The third-order valence-corrected chi connectivity index (χ3v) is 3.77. The lowest BCUT2D eigenvalue weighted by Gasteiger charge is -2.33. The van der Waals surface area contributed by atoms with Gasteiger partial charge in [-0.05, 0) is 25.8 Å². The molecular formula is C10H16N2S. The summed E-state index contributed by atoms with van der Waals surface area (Å²) in [6.07, 6.45) is 7.22. The Hall–Kier alpha value is -0.410. The predicted octanol–water partition coefficient (Wildman–Crippen LogP) is 2.07. The molecule has 1 saturated carbocycles. The van der Waals surface area contributed by atoms with Gasteiger partial charge in [0.1, 0.15) is 0 Å². The minimum atomic E-state index is 0.653. The lowest BCUT2D eigenvalue weighted by molar-refractivity contribution is 0.235. The normalized spacial score (nSPS) is 19.8. The first-order valence-electron chi connectivity index (χ1n) is 4.96. The van der Waals surface area contributed by atoms with Gasteiger partial charge in [-0.2, -0.15) is 0 Å². The van der Waals surface area contributed by atoms with Gasteiger partial charge in [0.15, 0.2) is 0 Å². The van der Waals surface area contributed by atoms with Crippen LogP contribution in [-0.2, 0) is 6.42 Å². The number of nitrogens with one attached hydrogen (secondary N) is 1. The molecule has 1 aromatic heterocycles. The van der Waals surface area contributed by atoms with Crippen molar-refractivity contribution in [3.8, 4) is 0 Å². The Kier molecular flexibility index (Phi) is 2.96. The van der Waals surface area contributed by atoms with E-state index in [9.17, 15) is 0 Å². The quantitative estimate of drug-likeness (QED) is 0.797. The van der Waals surface area contributed by atoms with Crippen LogP contribution in [0, 0.1) is 5.92 Å². The Balaban J connectivity index is 1.90. The van der Waals surface area contributed by atoms with E-state index in [0.717, 1.165) is 12.3 Å². The van der Waals surface area contributed by atoms with Crippen LogP contribution in [0.5, 0.6) is 0 Å². The van der Waals surface area contributed by atoms with Gasteiger partial charge in [-0.15, -0.1) is 11.3 Å². The summed E-state index contributed by atoms with van der Waals surface area (Å²) in [6, 6.07) is 0.653. The van der Waals surface area contributed by atoms with Crippen molar-refractivity contribution < 1.29 is 0 Å². The van der Waals surface area contributed by atoms with Crippen molar-refractivity contribution in [3.05, 3.63) is 16.6 Å². The maximum atomic E-state index is 4.32. The maximum Gasteiger partial charge on any atom is 0.0940 e. The molecule has 1 fully saturated rings. The molecule has 0 radical (unpaired) electrons. The summed E-state index contributed by atoms with van der Waals surface area (Å²) < 4.78 is 0. The predicted molar refractivity (Wildman–Crippen MR) is 56.0 cm³/mol. The van der Waals surface area contributed by atoms with Crippen LogP contribution in [0.3, 0.4) is 0 Å². The van der Waals surface area contributed by atoms with Gasteiger partial charge < -0.3 is 5.32 Å². The lowest BCUT2D eigenvalue weighted by Crippen LogP contribution is -2.38. The Morgan fingerprint density at radius 3 is 3.00 bits per heavy atom. The van der Waals surface area contributed by atoms with Crippen molar-refractivity contribution in [2.75, 3.05) is 7.05 Å². The first-order chi connectivity index (χ1) is 6.40. The monoisotopic (exact) mass is 196 g/mol. The Bertz CT molecular complexity index is 241. The van der Waals surface area contributed by atoms with Crippen molar-refractivity contribution >= 4 is 11.3 Å². The molecule has 1 aliphatic carbocycles. The standard InChI is InChI=1S/C10H16N2S/c1-11-9(8-3-2-4-8)7-10-12-5-6-13-10/h5-6,8-9,11H,2-4,7H2,1H3. The number of aromatic nitrogens is 1. The molecule has 0 saturated heterocycles. The largest absolute Gasteiger partial charge is 0.316 e. The molecule has 1 heterocycles. The van der Waals surface area contributed by atoms with E-state index < -0.39 is 0 Å². The molecule has 72 valence electrons. The second-order valence-corrected chi connectivity index (χ2v) is 4.70. The molecule has 2 nitrogen and oxygen atoms in total. The topological polar surface area (TPSA) is 24.9 Å². The molecule has 1 N–H and O–H groups in total. The van der Waals surface area contributed by atoms with Gasteiger partial charge in [-0.1, -0.05) is 6.42 Å². The zero-order valence-electron chi connectivity index (χ0n) is 7.99. The smallest absolute Gasteiger partial charge is 0.0940 e. The van der Waals surface area contributed by atoms with Crippen LogP contribution in [0.1, 0.15) is 24.3 Å². The Morgan fingerprint density at radius 1 is 1.69 bits per heavy atom. The molecule has 0 aromatic carbocycles. The molecule has 2 rings (SSSR count). The van der Waals surface area contributed by atoms with Gasteiger partial charge in [-0.25, -0.2) is 4.98 Å². The fourth-order valence-electron chi connectivity index (χ4n) is 1.89. The van der Waals surface area contributed by atoms with Crippen molar-refractivity contribution in [3.63, 3.8) is 0 Å². The Labute approximate surface area is 83.4 Å². The number of rotatable bonds is 4. The highest BCUT2D eigenvalue weighted by Crippen LogP contribution is 2.31. The molecule has 0 bridgehead atoms. The average Bonchev–Trinajstić information content (AvgIpc) is 2.52. The van der Waals surface area contributed by atoms with E-state index in [2.05, 4.69) is 22.7 Å². The number of thiazole rings is 1. The van der Waals surface area contributed by atoms with Crippen molar-refractivity contribution in [2.45, 2.75) is 31.7 Å². The number of nitrogens with zero attached hydrogens (tertiary/aromatic N) is 1. The molecule has 1 unspecified atom stereocenters. The number of hydrogen-bond acceptors (Lipinski definition) is 3. The lowest BCUT2D eigenvalue weighted by atomic mass is 9.79. The Morgan fingerprint density at radius 2 is 2.54 bits per heavy atom. The number of hydrogen-bond donors (Lipinski definition) is 1. The number of likely N-dealkylation sites (N-methyl/N-ethyl adjacent to an activating group) is 1. The van der Waals surface area contributed by atoms with Crippen LogP contribution in [0.4, 0.5) is 0 Å². The van der Waals surface area contributed by atoms with E-state index >= 15 is 0 Å². The summed E-state index contributed by atoms with van der Waals surface area (Å²) in [5.74, 6) is 0.897. The van der Waals surface area contributed by atoms with Crippen LogP contribution in [0.25, 0.3) is 0 Å². The van der Waals surface area contributed by atoms with Gasteiger partial charge in [0.05, 0.1) is 5.01 Å². The molecular weight excluding hydrogens is 180 g/mol. The van der Waals surface area contributed by atoms with Gasteiger partial charge in [0, 0.05) is 24.0 Å². The second-order valence-electron chi connectivity index (χ2n) is 3.72. The van der Waals surface area contributed by atoms with Gasteiger partial charge >= 0.3 is 0 Å². The molecule has 3 heteroatoms. The highest BCUT2D eigenvalue weighted by atomic mass is 32.1. The third kappa shape index (κ3) is 2.09. The average molecular weight is 196 g/mol. The summed E-state index contributed by atoms with van der Waals surface area (Å²) in [5, 5.41) is 6.74. The van der Waals surface area contributed by atoms with Crippen molar-refractivity contribution in [1.82, 2.24) is 10.3 Å². The zero-order valence-corrected chi connectivity index (χ0v) is 8.81.